The lowest BCUT2D eigenvalue weighted by molar-refractivity contribution is -0.115. The molecule has 0 saturated heterocycles. The Kier molecular flexibility index (Phi) is 4.88. The zero-order valence-electron chi connectivity index (χ0n) is 17.3. The van der Waals surface area contributed by atoms with Crippen LogP contribution in [-0.2, 0) is 7.05 Å². The van der Waals surface area contributed by atoms with E-state index in [1.54, 1.807) is 10.9 Å². The molecule has 5 aliphatic rings. The van der Waals surface area contributed by atoms with Gasteiger partial charge in [0.1, 0.15) is 5.56 Å². The lowest BCUT2D eigenvalue weighted by atomic mass is 9.43. The highest BCUT2D eigenvalue weighted by Crippen LogP contribution is 2.65. The Labute approximate surface area is 168 Å². The van der Waals surface area contributed by atoms with Gasteiger partial charge in [-0.2, -0.15) is 5.10 Å². The Morgan fingerprint density at radius 1 is 1.18 bits per heavy atom. The molecule has 2 unspecified atom stereocenters. The molecule has 6 rings (SSSR count). The molecule has 1 spiro atoms. The van der Waals surface area contributed by atoms with E-state index in [-0.39, 0.29) is 5.91 Å². The number of nitrogens with zero attached hydrogens (tertiary/aromatic N) is 2. The third-order valence-electron chi connectivity index (χ3n) is 8.39. The van der Waals surface area contributed by atoms with Gasteiger partial charge in [0.05, 0.1) is 12.8 Å². The summed E-state index contributed by atoms with van der Waals surface area (Å²) in [5.74, 6) is 3.58. The molecule has 3 bridgehead atoms. The molecule has 5 heteroatoms. The van der Waals surface area contributed by atoms with Gasteiger partial charge >= 0.3 is 0 Å². The first kappa shape index (κ1) is 18.5. The summed E-state index contributed by atoms with van der Waals surface area (Å²) in [7, 11) is 1.87. The van der Waals surface area contributed by atoms with Crippen molar-refractivity contribution in [1.29, 1.82) is 0 Å². The molecule has 28 heavy (non-hydrogen) atoms. The minimum Gasteiger partial charge on any atom is -0.477 e. The molecule has 5 nitrogen and oxygen atoms in total. The number of carbonyl (C=O) groups is 1. The number of hydrogen-bond acceptors (Lipinski definition) is 3. The Bertz CT molecular complexity index is 715. The van der Waals surface area contributed by atoms with Crippen LogP contribution >= 0.6 is 0 Å². The average Bonchev–Trinajstić information content (AvgIpc) is 3.06. The third-order valence-corrected chi connectivity index (χ3v) is 8.39. The van der Waals surface area contributed by atoms with Crippen LogP contribution in [0, 0.1) is 29.1 Å². The first-order valence-corrected chi connectivity index (χ1v) is 11.6. The minimum absolute atomic E-state index is 0.0151. The highest BCUT2D eigenvalue weighted by molar-refractivity contribution is 5.96. The summed E-state index contributed by atoms with van der Waals surface area (Å²) in [6.07, 6.45) is 16.5. The Morgan fingerprint density at radius 3 is 2.79 bits per heavy atom. The van der Waals surface area contributed by atoms with Gasteiger partial charge in [-0.05, 0) is 67.6 Å². The van der Waals surface area contributed by atoms with Crippen molar-refractivity contribution in [3.63, 3.8) is 0 Å². The van der Waals surface area contributed by atoms with E-state index in [1.165, 1.54) is 70.6 Å². The van der Waals surface area contributed by atoms with E-state index in [0.29, 0.717) is 35.3 Å². The molecule has 1 heterocycles. The van der Waals surface area contributed by atoms with Gasteiger partial charge in [-0.25, -0.2) is 4.68 Å². The summed E-state index contributed by atoms with van der Waals surface area (Å²) in [5.41, 5.74) is 1.30. The van der Waals surface area contributed by atoms with Gasteiger partial charge in [0.2, 0.25) is 5.88 Å². The van der Waals surface area contributed by atoms with Crippen LogP contribution in [-0.4, -0.2) is 28.8 Å². The second-order valence-corrected chi connectivity index (χ2v) is 10.2. The molecule has 1 aromatic heterocycles. The number of aromatic nitrogens is 2. The molecule has 1 aromatic rings. The Morgan fingerprint density at radius 2 is 1.96 bits per heavy atom. The average molecular weight is 386 g/mol. The predicted molar refractivity (Wildman–Crippen MR) is 108 cm³/mol. The summed E-state index contributed by atoms with van der Waals surface area (Å²) in [6.45, 7) is 1.52. The van der Waals surface area contributed by atoms with Gasteiger partial charge in [0, 0.05) is 13.6 Å². The molecular weight excluding hydrogens is 350 g/mol. The quantitative estimate of drug-likeness (QED) is 0.793. The standard InChI is InChI=1S/C23H35N3O2/c1-26-22(28-15-16-6-3-2-4-7-16)20(14-25-26)21(27)24-13-19-17-8-5-9-23(10-17)11-18(19)12-23/h14,16-19H,2-13,15H2,1H3,(H,24,27). The molecule has 154 valence electrons. The minimum atomic E-state index is -0.0151. The maximum Gasteiger partial charge on any atom is 0.258 e. The van der Waals surface area contributed by atoms with Crippen molar-refractivity contribution in [3.8, 4) is 5.88 Å². The van der Waals surface area contributed by atoms with Crippen molar-refractivity contribution in [2.24, 2.45) is 36.1 Å². The molecule has 5 fully saturated rings. The summed E-state index contributed by atoms with van der Waals surface area (Å²) in [4.78, 5) is 12.9. The molecule has 5 aliphatic carbocycles. The van der Waals surface area contributed by atoms with E-state index in [0.717, 1.165) is 18.4 Å². The van der Waals surface area contributed by atoms with E-state index in [4.69, 9.17) is 4.74 Å². The molecule has 1 amide bonds. The van der Waals surface area contributed by atoms with Crippen LogP contribution in [0.5, 0.6) is 5.88 Å². The number of rotatable bonds is 6. The van der Waals surface area contributed by atoms with Crippen molar-refractivity contribution in [2.45, 2.75) is 70.6 Å². The van der Waals surface area contributed by atoms with Gasteiger partial charge in [0.25, 0.3) is 5.91 Å². The normalized spacial score (nSPS) is 34.5. The van der Waals surface area contributed by atoms with Gasteiger partial charge in [-0.1, -0.05) is 32.1 Å². The summed E-state index contributed by atoms with van der Waals surface area (Å²) in [5, 5.41) is 7.54. The number of aryl methyl sites for hydroxylation is 1. The van der Waals surface area contributed by atoms with E-state index in [9.17, 15) is 4.79 Å². The second kappa shape index (κ2) is 7.38. The van der Waals surface area contributed by atoms with Gasteiger partial charge in [-0.15, -0.1) is 0 Å². The first-order valence-electron chi connectivity index (χ1n) is 11.6. The number of ether oxygens (including phenoxy) is 1. The summed E-state index contributed by atoms with van der Waals surface area (Å²) < 4.78 is 7.80. The van der Waals surface area contributed by atoms with Crippen molar-refractivity contribution < 1.29 is 9.53 Å². The Hall–Kier alpha value is -1.52. The lowest BCUT2D eigenvalue weighted by Gasteiger charge is -2.62. The number of nitrogens with one attached hydrogen (secondary N) is 1. The molecular formula is C23H35N3O2. The SMILES string of the molecule is Cn1ncc(C(=O)NCC2C3CCCC4(C3)CC2C4)c1OCC1CCCCC1. The fourth-order valence-electron chi connectivity index (χ4n) is 6.92. The van der Waals surface area contributed by atoms with Crippen LogP contribution in [0.25, 0.3) is 0 Å². The van der Waals surface area contributed by atoms with E-state index in [2.05, 4.69) is 10.4 Å². The lowest BCUT2D eigenvalue weighted by Crippen LogP contribution is -2.55. The Balaban J connectivity index is 1.19. The summed E-state index contributed by atoms with van der Waals surface area (Å²) >= 11 is 0. The first-order chi connectivity index (χ1) is 13.6. The van der Waals surface area contributed by atoms with Gasteiger partial charge in [0.15, 0.2) is 0 Å². The van der Waals surface area contributed by atoms with Crippen LogP contribution in [0.2, 0.25) is 0 Å². The van der Waals surface area contributed by atoms with Crippen molar-refractivity contribution in [1.82, 2.24) is 15.1 Å². The van der Waals surface area contributed by atoms with Gasteiger partial charge in [-0.3, -0.25) is 4.79 Å². The van der Waals surface area contributed by atoms with Crippen molar-refractivity contribution >= 4 is 5.91 Å². The fraction of sp³-hybridized carbons (Fsp3) is 0.826. The molecule has 1 N–H and O–H groups in total. The smallest absolute Gasteiger partial charge is 0.258 e. The van der Waals surface area contributed by atoms with Crippen LogP contribution in [0.15, 0.2) is 6.20 Å². The van der Waals surface area contributed by atoms with E-state index >= 15 is 0 Å². The van der Waals surface area contributed by atoms with Crippen LogP contribution in [0.3, 0.4) is 0 Å². The predicted octanol–water partition coefficient (Wildman–Crippen LogP) is 4.33. The highest BCUT2D eigenvalue weighted by atomic mass is 16.5. The second-order valence-electron chi connectivity index (χ2n) is 10.2. The van der Waals surface area contributed by atoms with Crippen LogP contribution < -0.4 is 10.1 Å². The topological polar surface area (TPSA) is 56.2 Å². The maximum absolute atomic E-state index is 12.9. The molecule has 2 atom stereocenters. The fourth-order valence-corrected chi connectivity index (χ4v) is 6.92. The molecule has 0 aromatic carbocycles. The number of hydrogen-bond donors (Lipinski definition) is 1. The number of amides is 1. The largest absolute Gasteiger partial charge is 0.477 e. The molecule has 5 saturated carbocycles. The van der Waals surface area contributed by atoms with Crippen molar-refractivity contribution in [3.05, 3.63) is 11.8 Å². The van der Waals surface area contributed by atoms with Gasteiger partial charge < -0.3 is 10.1 Å². The summed E-state index contributed by atoms with van der Waals surface area (Å²) in [6, 6.07) is 0. The van der Waals surface area contributed by atoms with E-state index in [1.807, 2.05) is 7.05 Å². The zero-order valence-corrected chi connectivity index (χ0v) is 17.3. The molecule has 0 radical (unpaired) electrons. The maximum atomic E-state index is 12.9. The molecule has 0 aliphatic heterocycles. The number of carbonyl (C=O) groups excluding carboxylic acids is 1. The highest BCUT2D eigenvalue weighted by Gasteiger charge is 2.56. The van der Waals surface area contributed by atoms with Crippen molar-refractivity contribution in [2.75, 3.05) is 13.2 Å². The van der Waals surface area contributed by atoms with E-state index < -0.39 is 0 Å². The zero-order chi connectivity index (χ0) is 19.1. The van der Waals surface area contributed by atoms with Crippen LogP contribution in [0.1, 0.15) is 81.0 Å². The monoisotopic (exact) mass is 385 g/mol. The third kappa shape index (κ3) is 3.35. The van der Waals surface area contributed by atoms with Crippen LogP contribution in [0.4, 0.5) is 0 Å².